The van der Waals surface area contributed by atoms with Gasteiger partial charge in [-0.05, 0) is 40.5 Å². The summed E-state index contributed by atoms with van der Waals surface area (Å²) in [5, 5.41) is 3.38. The fourth-order valence-corrected chi connectivity index (χ4v) is 3.15. The van der Waals surface area contributed by atoms with Crippen LogP contribution in [0.25, 0.3) is 0 Å². The molecular weight excluding hydrogens is 499 g/mol. The van der Waals surface area contributed by atoms with Crippen LogP contribution in [-0.4, -0.2) is 93.7 Å². The van der Waals surface area contributed by atoms with Crippen LogP contribution in [0.3, 0.4) is 0 Å². The minimum Gasteiger partial charge on any atom is -0.444 e. The number of carbonyl (C=O) groups excluding carboxylic acids is 1. The summed E-state index contributed by atoms with van der Waals surface area (Å²) in [7, 11) is 1.68. The summed E-state index contributed by atoms with van der Waals surface area (Å²) in [6.07, 6.45) is 1.71. The third kappa shape index (κ3) is 12.1. The van der Waals surface area contributed by atoms with E-state index >= 15 is 0 Å². The van der Waals surface area contributed by atoms with Gasteiger partial charge in [-0.2, -0.15) is 0 Å². The summed E-state index contributed by atoms with van der Waals surface area (Å²) in [6.45, 7) is 16.3. The second-order valence-electron chi connectivity index (χ2n) is 8.37. The average Bonchev–Trinajstić information content (AvgIpc) is 3.11. The number of hydrogen-bond donors (Lipinski definition) is 1. The molecule has 0 aromatic heterocycles. The molecule has 1 rings (SSSR count). The summed E-state index contributed by atoms with van der Waals surface area (Å²) in [6, 6.07) is 0. The van der Waals surface area contributed by atoms with Gasteiger partial charge in [0.15, 0.2) is 5.96 Å². The summed E-state index contributed by atoms with van der Waals surface area (Å²) >= 11 is 0. The number of nitrogens with one attached hydrogen (secondary N) is 1. The molecule has 0 saturated carbocycles. The number of likely N-dealkylation sites (tertiary alicyclic amines) is 1. The Morgan fingerprint density at radius 2 is 1.97 bits per heavy atom. The van der Waals surface area contributed by atoms with Gasteiger partial charge in [0.05, 0.1) is 26.4 Å². The van der Waals surface area contributed by atoms with Gasteiger partial charge in [-0.1, -0.05) is 6.92 Å². The summed E-state index contributed by atoms with van der Waals surface area (Å²) in [5.74, 6) is 1.42. The van der Waals surface area contributed by atoms with E-state index < -0.39 is 5.60 Å². The number of hydrogen-bond acceptors (Lipinski definition) is 5. The topological polar surface area (TPSA) is 75.6 Å². The largest absolute Gasteiger partial charge is 0.444 e. The minimum absolute atomic E-state index is 0. The van der Waals surface area contributed by atoms with Crippen molar-refractivity contribution in [1.82, 2.24) is 15.1 Å². The smallest absolute Gasteiger partial charge is 0.410 e. The first-order valence-corrected chi connectivity index (χ1v) is 10.9. The third-order valence-corrected chi connectivity index (χ3v) is 4.48. The lowest BCUT2D eigenvalue weighted by Gasteiger charge is -2.27. The maximum absolute atomic E-state index is 12.4. The zero-order valence-corrected chi connectivity index (χ0v) is 22.1. The summed E-state index contributed by atoms with van der Waals surface area (Å²) in [4.78, 5) is 21.2. The Bertz CT molecular complexity index is 500. The van der Waals surface area contributed by atoms with E-state index in [1.165, 1.54) is 0 Å². The molecule has 1 N–H and O–H groups in total. The molecule has 1 aliphatic rings. The number of ether oxygens (including phenoxy) is 3. The lowest BCUT2D eigenvalue weighted by atomic mass is 10.1. The SMILES string of the molecule is CCCN(CCN=C(NCC)N1CCC(COCCOC)C1)C(=O)OC(C)(C)C.I. The van der Waals surface area contributed by atoms with Crippen LogP contribution in [0.2, 0.25) is 0 Å². The van der Waals surface area contributed by atoms with E-state index in [0.29, 0.717) is 38.8 Å². The van der Waals surface area contributed by atoms with Crippen molar-refractivity contribution in [3.63, 3.8) is 0 Å². The fraction of sp³-hybridized carbons (Fsp3) is 0.905. The standard InChI is InChI=1S/C21H42N4O4.HI/c1-7-11-24(20(26)29-21(3,4)5)13-10-23-19(22-8-2)25-12-9-18(16-25)17-28-15-14-27-6;/h18H,7-17H2,1-6H3,(H,22,23);1H. The van der Waals surface area contributed by atoms with Crippen molar-refractivity contribution in [2.75, 3.05) is 66.2 Å². The van der Waals surface area contributed by atoms with Crippen molar-refractivity contribution in [1.29, 1.82) is 0 Å². The molecule has 0 bridgehead atoms. The maximum atomic E-state index is 12.4. The van der Waals surface area contributed by atoms with Gasteiger partial charge < -0.3 is 29.3 Å². The molecule has 9 heteroatoms. The predicted molar refractivity (Wildman–Crippen MR) is 132 cm³/mol. The molecule has 1 heterocycles. The van der Waals surface area contributed by atoms with Crippen molar-refractivity contribution in [3.05, 3.63) is 0 Å². The number of carbonyl (C=O) groups is 1. The Kier molecular flexibility index (Phi) is 15.5. The fourth-order valence-electron chi connectivity index (χ4n) is 3.15. The van der Waals surface area contributed by atoms with E-state index in [9.17, 15) is 4.79 Å². The van der Waals surface area contributed by atoms with Crippen LogP contribution in [0.4, 0.5) is 4.79 Å². The Labute approximate surface area is 200 Å². The van der Waals surface area contributed by atoms with Crippen molar-refractivity contribution >= 4 is 36.0 Å². The zero-order valence-electron chi connectivity index (χ0n) is 19.7. The van der Waals surface area contributed by atoms with E-state index in [0.717, 1.165) is 45.0 Å². The van der Waals surface area contributed by atoms with E-state index in [2.05, 4.69) is 24.1 Å². The van der Waals surface area contributed by atoms with Crippen LogP contribution >= 0.6 is 24.0 Å². The molecule has 1 atom stereocenters. The van der Waals surface area contributed by atoms with Gasteiger partial charge in [-0.15, -0.1) is 24.0 Å². The van der Waals surface area contributed by atoms with Gasteiger partial charge >= 0.3 is 6.09 Å². The van der Waals surface area contributed by atoms with Gasteiger partial charge in [0, 0.05) is 45.8 Å². The van der Waals surface area contributed by atoms with E-state index in [1.807, 2.05) is 20.8 Å². The highest BCUT2D eigenvalue weighted by Crippen LogP contribution is 2.17. The van der Waals surface area contributed by atoms with Gasteiger partial charge in [0.2, 0.25) is 0 Å². The highest BCUT2D eigenvalue weighted by molar-refractivity contribution is 14.0. The summed E-state index contributed by atoms with van der Waals surface area (Å²) in [5.41, 5.74) is -0.489. The van der Waals surface area contributed by atoms with Crippen LogP contribution in [0.1, 0.15) is 47.5 Å². The van der Waals surface area contributed by atoms with Crippen LogP contribution < -0.4 is 5.32 Å². The van der Waals surface area contributed by atoms with E-state index in [4.69, 9.17) is 19.2 Å². The first kappa shape index (κ1) is 29.2. The Balaban J connectivity index is 0.00000841. The number of rotatable bonds is 11. The van der Waals surface area contributed by atoms with E-state index in [1.54, 1.807) is 12.0 Å². The van der Waals surface area contributed by atoms with Crippen molar-refractivity contribution in [3.8, 4) is 0 Å². The number of halogens is 1. The predicted octanol–water partition coefficient (Wildman–Crippen LogP) is 3.20. The van der Waals surface area contributed by atoms with Gasteiger partial charge in [0.25, 0.3) is 0 Å². The molecule has 0 radical (unpaired) electrons. The Morgan fingerprint density at radius 3 is 2.57 bits per heavy atom. The average molecular weight is 543 g/mol. The van der Waals surface area contributed by atoms with Crippen molar-refractivity contribution in [2.45, 2.75) is 53.1 Å². The van der Waals surface area contributed by atoms with Gasteiger partial charge in [-0.25, -0.2) is 4.79 Å². The molecule has 0 aromatic rings. The maximum Gasteiger partial charge on any atom is 0.410 e. The molecule has 1 unspecified atom stereocenters. The highest BCUT2D eigenvalue weighted by atomic mass is 127. The molecule has 0 aliphatic carbocycles. The lowest BCUT2D eigenvalue weighted by molar-refractivity contribution is 0.0255. The van der Waals surface area contributed by atoms with Crippen molar-refractivity contribution in [2.24, 2.45) is 10.9 Å². The normalized spacial score (nSPS) is 16.9. The van der Waals surface area contributed by atoms with Crippen LogP contribution in [0.15, 0.2) is 4.99 Å². The number of nitrogens with zero attached hydrogens (tertiary/aromatic N) is 3. The minimum atomic E-state index is -0.489. The molecular formula is C21H43IN4O4. The molecule has 1 fully saturated rings. The molecule has 0 spiro atoms. The van der Waals surface area contributed by atoms with Crippen LogP contribution in [0.5, 0.6) is 0 Å². The number of amides is 1. The third-order valence-electron chi connectivity index (χ3n) is 4.48. The number of guanidine groups is 1. The number of aliphatic imine (C=N–C) groups is 1. The van der Waals surface area contributed by atoms with Gasteiger partial charge in [0.1, 0.15) is 5.60 Å². The molecule has 30 heavy (non-hydrogen) atoms. The first-order chi connectivity index (χ1) is 13.8. The van der Waals surface area contributed by atoms with Gasteiger partial charge in [-0.3, -0.25) is 4.99 Å². The van der Waals surface area contributed by atoms with Crippen LogP contribution in [-0.2, 0) is 14.2 Å². The first-order valence-electron chi connectivity index (χ1n) is 10.9. The molecule has 8 nitrogen and oxygen atoms in total. The molecule has 178 valence electrons. The lowest BCUT2D eigenvalue weighted by Crippen LogP contribution is -2.42. The second-order valence-corrected chi connectivity index (χ2v) is 8.37. The monoisotopic (exact) mass is 542 g/mol. The Morgan fingerprint density at radius 1 is 1.23 bits per heavy atom. The second kappa shape index (κ2) is 15.9. The molecule has 0 aromatic carbocycles. The summed E-state index contributed by atoms with van der Waals surface area (Å²) < 4.78 is 16.2. The molecule has 1 amide bonds. The Hall–Kier alpha value is -0.810. The quantitative estimate of drug-likeness (QED) is 0.187. The van der Waals surface area contributed by atoms with E-state index in [-0.39, 0.29) is 30.1 Å². The molecule has 1 saturated heterocycles. The highest BCUT2D eigenvalue weighted by Gasteiger charge is 2.25. The zero-order chi connectivity index (χ0) is 21.7. The molecule has 1 aliphatic heterocycles. The van der Waals surface area contributed by atoms with Crippen molar-refractivity contribution < 1.29 is 19.0 Å². The van der Waals surface area contributed by atoms with Crippen LogP contribution in [0, 0.1) is 5.92 Å². The number of methoxy groups -OCH3 is 1.